The first-order valence-electron chi connectivity index (χ1n) is 8.85. The number of unbranched alkanes of at least 4 members (excludes halogenated alkanes) is 1. The van der Waals surface area contributed by atoms with Crippen LogP contribution in [0.15, 0.2) is 42.5 Å². The molecule has 2 aromatic rings. The van der Waals surface area contributed by atoms with E-state index in [0.29, 0.717) is 5.92 Å². The third-order valence-corrected chi connectivity index (χ3v) is 4.74. The van der Waals surface area contributed by atoms with Crippen molar-refractivity contribution in [1.82, 2.24) is 4.90 Å². The Morgan fingerprint density at radius 2 is 1.79 bits per heavy atom. The molecule has 0 N–H and O–H groups in total. The van der Waals surface area contributed by atoms with Crippen LogP contribution in [0, 0.1) is 13.8 Å². The smallest absolute Gasteiger partial charge is 0.209 e. The fourth-order valence-electron chi connectivity index (χ4n) is 3.31. The monoisotopic (exact) mass is 323 g/mol. The summed E-state index contributed by atoms with van der Waals surface area (Å²) in [5.74, 6) is 0.517. The van der Waals surface area contributed by atoms with Gasteiger partial charge in [-0.15, -0.1) is 0 Å². The van der Waals surface area contributed by atoms with Crippen molar-refractivity contribution in [3.8, 4) is 11.1 Å². The molecule has 0 saturated heterocycles. The Labute approximate surface area is 146 Å². The maximum absolute atomic E-state index is 10.6. The summed E-state index contributed by atoms with van der Waals surface area (Å²) in [6.07, 6.45) is 4.25. The van der Waals surface area contributed by atoms with Crippen molar-refractivity contribution >= 4 is 6.41 Å². The van der Waals surface area contributed by atoms with Crippen molar-refractivity contribution in [3.63, 3.8) is 0 Å². The van der Waals surface area contributed by atoms with Crippen molar-refractivity contribution in [2.24, 2.45) is 0 Å². The lowest BCUT2D eigenvalue weighted by Crippen LogP contribution is -2.17. The number of carbonyl (C=O) groups is 1. The zero-order chi connectivity index (χ0) is 17.5. The molecule has 0 bridgehead atoms. The van der Waals surface area contributed by atoms with Crippen LogP contribution in [0.1, 0.15) is 48.8 Å². The highest BCUT2D eigenvalue weighted by Crippen LogP contribution is 2.33. The van der Waals surface area contributed by atoms with Crippen LogP contribution in [-0.2, 0) is 4.79 Å². The van der Waals surface area contributed by atoms with Gasteiger partial charge in [0.25, 0.3) is 0 Å². The van der Waals surface area contributed by atoms with E-state index in [1.807, 2.05) is 7.05 Å². The van der Waals surface area contributed by atoms with Crippen LogP contribution in [0.25, 0.3) is 11.1 Å². The van der Waals surface area contributed by atoms with E-state index in [0.717, 1.165) is 32.2 Å². The molecule has 0 heterocycles. The Bertz CT molecular complexity index is 677. The summed E-state index contributed by atoms with van der Waals surface area (Å²) in [4.78, 5) is 12.4. The molecular formula is C22H29NO. The Kier molecular flexibility index (Phi) is 6.60. The first-order chi connectivity index (χ1) is 11.5. The third kappa shape index (κ3) is 4.70. The topological polar surface area (TPSA) is 20.3 Å². The van der Waals surface area contributed by atoms with Gasteiger partial charge in [0.05, 0.1) is 0 Å². The fraction of sp³-hybridized carbons (Fsp3) is 0.409. The second-order valence-electron chi connectivity index (χ2n) is 6.89. The molecule has 1 amide bonds. The van der Waals surface area contributed by atoms with Crippen LogP contribution in [0.3, 0.4) is 0 Å². The van der Waals surface area contributed by atoms with E-state index >= 15 is 0 Å². The highest BCUT2D eigenvalue weighted by Gasteiger charge is 2.13. The van der Waals surface area contributed by atoms with Gasteiger partial charge in [0.1, 0.15) is 0 Å². The van der Waals surface area contributed by atoms with Crippen molar-refractivity contribution in [2.45, 2.75) is 46.0 Å². The van der Waals surface area contributed by atoms with Gasteiger partial charge in [-0.1, -0.05) is 61.4 Å². The molecule has 0 radical (unpaired) electrons. The van der Waals surface area contributed by atoms with E-state index in [1.54, 1.807) is 4.90 Å². The van der Waals surface area contributed by atoms with E-state index in [9.17, 15) is 4.79 Å². The van der Waals surface area contributed by atoms with Gasteiger partial charge in [0.15, 0.2) is 0 Å². The summed E-state index contributed by atoms with van der Waals surface area (Å²) >= 11 is 0. The van der Waals surface area contributed by atoms with Gasteiger partial charge in [-0.25, -0.2) is 0 Å². The molecule has 128 valence electrons. The first kappa shape index (κ1) is 18.3. The minimum Gasteiger partial charge on any atom is -0.348 e. The molecule has 0 fully saturated rings. The predicted octanol–water partition coefficient (Wildman–Crippen LogP) is 5.33. The lowest BCUT2D eigenvalue weighted by atomic mass is 9.87. The van der Waals surface area contributed by atoms with Crippen LogP contribution in [0.2, 0.25) is 0 Å². The number of benzene rings is 2. The van der Waals surface area contributed by atoms with E-state index in [1.165, 1.54) is 27.8 Å². The van der Waals surface area contributed by atoms with Gasteiger partial charge in [-0.3, -0.25) is 4.79 Å². The van der Waals surface area contributed by atoms with Crippen LogP contribution >= 0.6 is 0 Å². The summed E-state index contributed by atoms with van der Waals surface area (Å²) in [6, 6.07) is 15.5. The standard InChI is InChI=1S/C22H29NO/c1-17-12-13-21(19(3)15-17)22-11-6-5-10-20(22)18(2)9-7-8-14-23(4)16-24/h5-6,10-13,15-16,18H,7-9,14H2,1-4H3. The molecule has 0 spiro atoms. The average molecular weight is 323 g/mol. The van der Waals surface area contributed by atoms with Gasteiger partial charge in [-0.05, 0) is 54.9 Å². The summed E-state index contributed by atoms with van der Waals surface area (Å²) in [5, 5.41) is 0. The lowest BCUT2D eigenvalue weighted by molar-refractivity contribution is -0.117. The first-order valence-corrected chi connectivity index (χ1v) is 8.85. The number of amides is 1. The summed E-state index contributed by atoms with van der Waals surface area (Å²) < 4.78 is 0. The van der Waals surface area contributed by atoms with E-state index in [4.69, 9.17) is 0 Å². The summed E-state index contributed by atoms with van der Waals surface area (Å²) in [6.45, 7) is 7.49. The number of hydrogen-bond donors (Lipinski definition) is 0. The van der Waals surface area contributed by atoms with Crippen LogP contribution < -0.4 is 0 Å². The van der Waals surface area contributed by atoms with Gasteiger partial charge >= 0.3 is 0 Å². The highest BCUT2D eigenvalue weighted by atomic mass is 16.1. The molecule has 0 aliphatic heterocycles. The van der Waals surface area contributed by atoms with Gasteiger partial charge < -0.3 is 4.90 Å². The molecule has 0 aliphatic rings. The van der Waals surface area contributed by atoms with E-state index < -0.39 is 0 Å². The molecule has 1 atom stereocenters. The van der Waals surface area contributed by atoms with Gasteiger partial charge in [0, 0.05) is 13.6 Å². The zero-order valence-electron chi connectivity index (χ0n) is 15.4. The van der Waals surface area contributed by atoms with E-state index in [2.05, 4.69) is 63.2 Å². The maximum Gasteiger partial charge on any atom is 0.209 e. The van der Waals surface area contributed by atoms with Crippen LogP contribution in [0.5, 0.6) is 0 Å². The molecule has 0 aliphatic carbocycles. The molecule has 2 heteroatoms. The highest BCUT2D eigenvalue weighted by molar-refractivity contribution is 5.71. The average Bonchev–Trinajstić information content (AvgIpc) is 2.58. The molecule has 1 unspecified atom stereocenters. The molecule has 24 heavy (non-hydrogen) atoms. The fourth-order valence-corrected chi connectivity index (χ4v) is 3.31. The van der Waals surface area contributed by atoms with Gasteiger partial charge in [-0.2, -0.15) is 0 Å². The Hall–Kier alpha value is -2.09. The third-order valence-electron chi connectivity index (χ3n) is 4.74. The molecular weight excluding hydrogens is 294 g/mol. The maximum atomic E-state index is 10.6. The normalized spacial score (nSPS) is 12.0. The summed E-state index contributed by atoms with van der Waals surface area (Å²) in [7, 11) is 1.84. The molecule has 0 aromatic heterocycles. The second kappa shape index (κ2) is 8.68. The van der Waals surface area contributed by atoms with Crippen molar-refractivity contribution in [3.05, 3.63) is 59.2 Å². The van der Waals surface area contributed by atoms with Crippen LogP contribution in [-0.4, -0.2) is 24.9 Å². The van der Waals surface area contributed by atoms with E-state index in [-0.39, 0.29) is 0 Å². The molecule has 2 nitrogen and oxygen atoms in total. The number of carbonyl (C=O) groups excluding carboxylic acids is 1. The lowest BCUT2D eigenvalue weighted by Gasteiger charge is -2.19. The Morgan fingerprint density at radius 3 is 2.50 bits per heavy atom. The minimum absolute atomic E-state index is 0.517. The molecule has 2 aromatic carbocycles. The minimum atomic E-state index is 0.517. The summed E-state index contributed by atoms with van der Waals surface area (Å²) in [5.41, 5.74) is 6.76. The Balaban J connectivity index is 2.12. The van der Waals surface area contributed by atoms with Crippen molar-refractivity contribution in [2.75, 3.05) is 13.6 Å². The predicted molar refractivity (Wildman–Crippen MR) is 102 cm³/mol. The number of hydrogen-bond acceptors (Lipinski definition) is 1. The number of rotatable bonds is 8. The number of aryl methyl sites for hydroxylation is 2. The quantitative estimate of drug-likeness (QED) is 0.475. The zero-order valence-corrected chi connectivity index (χ0v) is 15.4. The van der Waals surface area contributed by atoms with Crippen LogP contribution in [0.4, 0.5) is 0 Å². The number of nitrogens with zero attached hydrogens (tertiary/aromatic N) is 1. The largest absolute Gasteiger partial charge is 0.348 e. The van der Waals surface area contributed by atoms with Crippen molar-refractivity contribution in [1.29, 1.82) is 0 Å². The SMILES string of the molecule is Cc1ccc(-c2ccccc2C(C)CCCCN(C)C=O)c(C)c1. The molecule has 2 rings (SSSR count). The molecule has 0 saturated carbocycles. The van der Waals surface area contributed by atoms with Crippen molar-refractivity contribution < 1.29 is 4.79 Å². The van der Waals surface area contributed by atoms with Gasteiger partial charge in [0.2, 0.25) is 6.41 Å². The Morgan fingerprint density at radius 1 is 1.04 bits per heavy atom. The second-order valence-corrected chi connectivity index (χ2v) is 6.89.